The van der Waals surface area contributed by atoms with Gasteiger partial charge in [-0.1, -0.05) is 54.6 Å². The van der Waals surface area contributed by atoms with E-state index in [0.29, 0.717) is 0 Å². The summed E-state index contributed by atoms with van der Waals surface area (Å²) in [6, 6.07) is 21.6. The summed E-state index contributed by atoms with van der Waals surface area (Å²) < 4.78 is 0. The van der Waals surface area contributed by atoms with Gasteiger partial charge in [-0.3, -0.25) is 0 Å². The molecule has 0 fully saturated rings. The molecule has 0 aliphatic heterocycles. The van der Waals surface area contributed by atoms with Crippen molar-refractivity contribution in [2.24, 2.45) is 0 Å². The van der Waals surface area contributed by atoms with Gasteiger partial charge in [0.25, 0.3) is 0 Å². The van der Waals surface area contributed by atoms with Crippen LogP contribution in [-0.2, 0) is 6.54 Å². The second kappa shape index (κ2) is 6.04. The molecule has 1 heterocycles. The van der Waals surface area contributed by atoms with Crippen molar-refractivity contribution in [1.82, 2.24) is 5.32 Å². The Balaban J connectivity index is 1.85. The molecule has 0 saturated heterocycles. The van der Waals surface area contributed by atoms with Gasteiger partial charge in [0.1, 0.15) is 0 Å². The molecule has 0 spiro atoms. The van der Waals surface area contributed by atoms with Crippen LogP contribution < -0.4 is 5.32 Å². The molecule has 3 aromatic rings. The maximum atomic E-state index is 3.19. The third-order valence-electron chi connectivity index (χ3n) is 3.31. The second-order valence-electron chi connectivity index (χ2n) is 4.79. The predicted octanol–water partition coefficient (Wildman–Crippen LogP) is 4.80. The number of benzene rings is 2. The molecule has 0 unspecified atom stereocenters. The zero-order chi connectivity index (χ0) is 13.8. The van der Waals surface area contributed by atoms with E-state index in [9.17, 15) is 0 Å². The minimum absolute atomic E-state index is 0.929. The summed E-state index contributed by atoms with van der Waals surface area (Å²) >= 11 is 1.80. The van der Waals surface area contributed by atoms with Gasteiger partial charge in [-0.2, -0.15) is 0 Å². The first-order valence-corrected chi connectivity index (χ1v) is 7.62. The topological polar surface area (TPSA) is 12.0 Å². The smallest absolute Gasteiger partial charge is 0.0346 e. The molecular weight excluding hydrogens is 262 g/mol. The van der Waals surface area contributed by atoms with Gasteiger partial charge in [0.15, 0.2) is 0 Å². The van der Waals surface area contributed by atoms with Crippen LogP contribution in [0.3, 0.4) is 0 Å². The monoisotopic (exact) mass is 279 g/mol. The number of nitrogens with one attached hydrogen (secondary N) is 1. The summed E-state index contributed by atoms with van der Waals surface area (Å²) in [5, 5.41) is 5.41. The van der Waals surface area contributed by atoms with Crippen molar-refractivity contribution in [3.63, 3.8) is 0 Å². The lowest BCUT2D eigenvalue weighted by atomic mass is 10.0. The Morgan fingerprint density at radius 3 is 2.20 bits per heavy atom. The molecule has 0 saturated carbocycles. The summed E-state index contributed by atoms with van der Waals surface area (Å²) in [5.74, 6) is 0. The second-order valence-corrected chi connectivity index (χ2v) is 5.70. The average molecular weight is 279 g/mol. The van der Waals surface area contributed by atoms with E-state index in [-0.39, 0.29) is 0 Å². The number of hydrogen-bond donors (Lipinski definition) is 1. The lowest BCUT2D eigenvalue weighted by molar-refractivity contribution is 0.821. The fourth-order valence-corrected chi connectivity index (χ4v) is 3.20. The van der Waals surface area contributed by atoms with Crippen LogP contribution in [0.15, 0.2) is 66.0 Å². The summed E-state index contributed by atoms with van der Waals surface area (Å²) in [6.07, 6.45) is 0. The van der Waals surface area contributed by atoms with Gasteiger partial charge in [0, 0.05) is 11.4 Å². The maximum absolute atomic E-state index is 3.19. The van der Waals surface area contributed by atoms with E-state index in [1.165, 1.54) is 27.1 Å². The van der Waals surface area contributed by atoms with Crippen molar-refractivity contribution >= 4 is 11.3 Å². The van der Waals surface area contributed by atoms with Crippen molar-refractivity contribution in [2.75, 3.05) is 7.05 Å². The molecule has 1 N–H and O–H groups in total. The van der Waals surface area contributed by atoms with Crippen LogP contribution in [0.5, 0.6) is 0 Å². The lowest BCUT2D eigenvalue weighted by Crippen LogP contribution is -2.03. The molecule has 1 aromatic heterocycles. The Labute approximate surface area is 123 Å². The van der Waals surface area contributed by atoms with Crippen molar-refractivity contribution < 1.29 is 0 Å². The van der Waals surface area contributed by atoms with Gasteiger partial charge < -0.3 is 5.32 Å². The predicted molar refractivity (Wildman–Crippen MR) is 88.0 cm³/mol. The molecule has 0 amide bonds. The van der Waals surface area contributed by atoms with Crippen LogP contribution in [-0.4, -0.2) is 7.05 Å². The summed E-state index contributed by atoms with van der Waals surface area (Å²) in [5.41, 5.74) is 5.17. The number of thiophene rings is 1. The van der Waals surface area contributed by atoms with Crippen LogP contribution in [0.1, 0.15) is 5.56 Å². The van der Waals surface area contributed by atoms with Gasteiger partial charge >= 0.3 is 0 Å². The van der Waals surface area contributed by atoms with Crippen molar-refractivity contribution in [1.29, 1.82) is 0 Å². The Morgan fingerprint density at radius 1 is 0.850 bits per heavy atom. The average Bonchev–Trinajstić information content (AvgIpc) is 2.97. The van der Waals surface area contributed by atoms with E-state index in [4.69, 9.17) is 0 Å². The van der Waals surface area contributed by atoms with Crippen LogP contribution >= 0.6 is 11.3 Å². The first kappa shape index (κ1) is 13.1. The molecule has 0 atom stereocenters. The quantitative estimate of drug-likeness (QED) is 0.723. The molecule has 2 aromatic carbocycles. The summed E-state index contributed by atoms with van der Waals surface area (Å²) in [6.45, 7) is 0.929. The zero-order valence-electron chi connectivity index (χ0n) is 11.5. The van der Waals surface area contributed by atoms with Gasteiger partial charge in [0.2, 0.25) is 0 Å². The lowest BCUT2D eigenvalue weighted by Gasteiger charge is -2.03. The first-order chi connectivity index (χ1) is 9.86. The van der Waals surface area contributed by atoms with Crippen LogP contribution in [0.4, 0.5) is 0 Å². The largest absolute Gasteiger partial charge is 0.316 e. The highest BCUT2D eigenvalue weighted by molar-refractivity contribution is 7.13. The molecule has 2 heteroatoms. The van der Waals surface area contributed by atoms with Gasteiger partial charge in [-0.05, 0) is 40.7 Å². The molecule has 1 nitrogen and oxygen atoms in total. The van der Waals surface area contributed by atoms with E-state index in [1.807, 2.05) is 13.1 Å². The Bertz CT molecular complexity index is 668. The molecule has 3 rings (SSSR count). The maximum Gasteiger partial charge on any atom is 0.0346 e. The number of hydrogen-bond acceptors (Lipinski definition) is 2. The molecule has 0 radical (unpaired) electrons. The third-order valence-corrected chi connectivity index (χ3v) is 4.34. The first-order valence-electron chi connectivity index (χ1n) is 6.75. The van der Waals surface area contributed by atoms with E-state index >= 15 is 0 Å². The highest BCUT2D eigenvalue weighted by Gasteiger charge is 2.03. The summed E-state index contributed by atoms with van der Waals surface area (Å²) in [4.78, 5) is 1.33. The highest BCUT2D eigenvalue weighted by Crippen LogP contribution is 2.29. The molecular formula is C18H17NS. The van der Waals surface area contributed by atoms with Crippen LogP contribution in [0.25, 0.3) is 21.6 Å². The normalized spacial score (nSPS) is 10.7. The molecule has 100 valence electrons. The Hall–Kier alpha value is -1.90. The zero-order valence-corrected chi connectivity index (χ0v) is 12.3. The molecule has 0 aliphatic rings. The van der Waals surface area contributed by atoms with E-state index < -0.39 is 0 Å². The van der Waals surface area contributed by atoms with Gasteiger partial charge in [-0.25, -0.2) is 0 Å². The van der Waals surface area contributed by atoms with E-state index in [1.54, 1.807) is 11.3 Å². The van der Waals surface area contributed by atoms with Crippen molar-refractivity contribution in [2.45, 2.75) is 6.54 Å². The highest BCUT2D eigenvalue weighted by atomic mass is 32.1. The standard InChI is InChI=1S/C18H17NS/c1-19-12-14-11-18(20-13-14)17-9-7-16(8-10-17)15-5-3-2-4-6-15/h2-11,13,19H,12H2,1H3. The molecule has 0 aliphatic carbocycles. The minimum atomic E-state index is 0.929. The molecule has 20 heavy (non-hydrogen) atoms. The van der Waals surface area contributed by atoms with E-state index in [0.717, 1.165) is 6.54 Å². The van der Waals surface area contributed by atoms with E-state index in [2.05, 4.69) is 65.3 Å². The van der Waals surface area contributed by atoms with Crippen LogP contribution in [0, 0.1) is 0 Å². The van der Waals surface area contributed by atoms with Crippen molar-refractivity contribution in [3.8, 4) is 21.6 Å². The fraction of sp³-hybridized carbons (Fsp3) is 0.111. The Kier molecular flexibility index (Phi) is 3.95. The van der Waals surface area contributed by atoms with Crippen LogP contribution in [0.2, 0.25) is 0 Å². The third kappa shape index (κ3) is 2.82. The van der Waals surface area contributed by atoms with Gasteiger partial charge in [0.05, 0.1) is 0 Å². The number of rotatable bonds is 4. The fourth-order valence-electron chi connectivity index (χ4n) is 2.28. The summed E-state index contributed by atoms with van der Waals surface area (Å²) in [7, 11) is 1.98. The van der Waals surface area contributed by atoms with Crippen molar-refractivity contribution in [3.05, 3.63) is 71.6 Å². The Morgan fingerprint density at radius 2 is 1.50 bits per heavy atom. The van der Waals surface area contributed by atoms with Gasteiger partial charge in [-0.15, -0.1) is 11.3 Å². The minimum Gasteiger partial charge on any atom is -0.316 e. The molecule has 0 bridgehead atoms. The SMILES string of the molecule is CNCc1csc(-c2ccc(-c3ccccc3)cc2)c1.